The van der Waals surface area contributed by atoms with E-state index < -0.39 is 0 Å². The highest BCUT2D eigenvalue weighted by Gasteiger charge is 2.14. The van der Waals surface area contributed by atoms with Crippen LogP contribution in [0.5, 0.6) is 0 Å². The summed E-state index contributed by atoms with van der Waals surface area (Å²) in [6.07, 6.45) is 6.93. The molecule has 0 aromatic heterocycles. The van der Waals surface area contributed by atoms with Gasteiger partial charge in [0.15, 0.2) is 0 Å². The summed E-state index contributed by atoms with van der Waals surface area (Å²) < 4.78 is 0. The van der Waals surface area contributed by atoms with E-state index >= 15 is 0 Å². The highest BCUT2D eigenvalue weighted by Crippen LogP contribution is 2.34. The van der Waals surface area contributed by atoms with Crippen molar-refractivity contribution in [2.45, 2.75) is 49.2 Å². The van der Waals surface area contributed by atoms with E-state index in [-0.39, 0.29) is 6.61 Å². The maximum absolute atomic E-state index is 9.04. The number of nitrogens with one attached hydrogen (secondary N) is 1. The van der Waals surface area contributed by atoms with Crippen LogP contribution in [0.25, 0.3) is 0 Å². The molecule has 0 bridgehead atoms. The van der Waals surface area contributed by atoms with Gasteiger partial charge in [0.25, 0.3) is 0 Å². The molecule has 1 unspecified atom stereocenters. The molecule has 0 saturated heterocycles. The lowest BCUT2D eigenvalue weighted by Gasteiger charge is -2.21. The molecule has 2 rings (SSSR count). The Hall–Kier alpha value is -0.670. The molecule has 106 valence electrons. The van der Waals surface area contributed by atoms with Gasteiger partial charge in [0.05, 0.1) is 0 Å². The predicted octanol–water partition coefficient (Wildman–Crippen LogP) is 4.15. The molecule has 2 N–H and O–H groups in total. The lowest BCUT2D eigenvalue weighted by atomic mass is 10.0. The van der Waals surface area contributed by atoms with E-state index in [0.717, 1.165) is 11.8 Å². The molecule has 1 aliphatic carbocycles. The summed E-state index contributed by atoms with van der Waals surface area (Å²) in [4.78, 5) is 1.37. The minimum atomic E-state index is 0.240. The molecular formula is C16H25NOS. The summed E-state index contributed by atoms with van der Waals surface area (Å²) >= 11 is 2.03. The van der Waals surface area contributed by atoms with Gasteiger partial charge in [0.1, 0.15) is 0 Å². The molecule has 0 radical (unpaired) electrons. The Morgan fingerprint density at radius 1 is 1.32 bits per heavy atom. The maximum atomic E-state index is 9.04. The van der Waals surface area contributed by atoms with Gasteiger partial charge in [-0.3, -0.25) is 0 Å². The SMILES string of the molecule is CC(CO)CNc1cccc(SC2CCCCC2)c1. The fourth-order valence-electron chi connectivity index (χ4n) is 2.41. The van der Waals surface area contributed by atoms with Crippen LogP contribution in [-0.4, -0.2) is 23.5 Å². The summed E-state index contributed by atoms with van der Waals surface area (Å²) in [5.74, 6) is 0.301. The first-order valence-corrected chi connectivity index (χ1v) is 8.27. The number of thioether (sulfide) groups is 1. The van der Waals surface area contributed by atoms with Crippen molar-refractivity contribution in [3.63, 3.8) is 0 Å². The molecule has 3 heteroatoms. The summed E-state index contributed by atoms with van der Waals surface area (Å²) in [7, 11) is 0. The van der Waals surface area contributed by atoms with Crippen LogP contribution in [-0.2, 0) is 0 Å². The Morgan fingerprint density at radius 3 is 2.84 bits per heavy atom. The quantitative estimate of drug-likeness (QED) is 0.820. The first kappa shape index (κ1) is 14.7. The second-order valence-corrected chi connectivity index (χ2v) is 6.95. The van der Waals surface area contributed by atoms with Crippen molar-refractivity contribution in [1.82, 2.24) is 0 Å². The van der Waals surface area contributed by atoms with Gasteiger partial charge in [0, 0.05) is 29.0 Å². The lowest BCUT2D eigenvalue weighted by Crippen LogP contribution is -2.14. The van der Waals surface area contributed by atoms with Crippen molar-refractivity contribution in [2.75, 3.05) is 18.5 Å². The summed E-state index contributed by atoms with van der Waals surface area (Å²) in [6, 6.07) is 8.68. The van der Waals surface area contributed by atoms with Crippen LogP contribution in [0, 0.1) is 5.92 Å². The summed E-state index contributed by atoms with van der Waals surface area (Å²) in [6.45, 7) is 3.12. The molecule has 1 aromatic carbocycles. The zero-order chi connectivity index (χ0) is 13.5. The molecule has 0 spiro atoms. The van der Waals surface area contributed by atoms with Crippen molar-refractivity contribution in [3.8, 4) is 0 Å². The second-order valence-electron chi connectivity index (χ2n) is 5.57. The van der Waals surface area contributed by atoms with Gasteiger partial charge in [-0.15, -0.1) is 11.8 Å². The van der Waals surface area contributed by atoms with Gasteiger partial charge >= 0.3 is 0 Å². The zero-order valence-electron chi connectivity index (χ0n) is 11.8. The molecule has 0 aliphatic heterocycles. The van der Waals surface area contributed by atoms with Crippen LogP contribution >= 0.6 is 11.8 Å². The topological polar surface area (TPSA) is 32.3 Å². The lowest BCUT2D eigenvalue weighted by molar-refractivity contribution is 0.244. The number of rotatable bonds is 6. The van der Waals surface area contributed by atoms with Crippen LogP contribution in [0.3, 0.4) is 0 Å². The molecular weight excluding hydrogens is 254 g/mol. The Kier molecular flexibility index (Phi) is 6.05. The molecule has 1 aliphatic rings. The second kappa shape index (κ2) is 7.81. The third-order valence-corrected chi connectivity index (χ3v) is 4.99. The van der Waals surface area contributed by atoms with Crippen molar-refractivity contribution in [1.29, 1.82) is 0 Å². The Labute approximate surface area is 121 Å². The van der Waals surface area contributed by atoms with Crippen LogP contribution in [0.4, 0.5) is 5.69 Å². The van der Waals surface area contributed by atoms with Gasteiger partial charge in [-0.25, -0.2) is 0 Å². The van der Waals surface area contributed by atoms with E-state index in [4.69, 9.17) is 5.11 Å². The first-order valence-electron chi connectivity index (χ1n) is 7.39. The Morgan fingerprint density at radius 2 is 2.11 bits per heavy atom. The molecule has 1 saturated carbocycles. The zero-order valence-corrected chi connectivity index (χ0v) is 12.6. The monoisotopic (exact) mass is 279 g/mol. The summed E-state index contributed by atoms with van der Waals surface area (Å²) in [5, 5.41) is 13.2. The normalized spacial score (nSPS) is 18.2. The number of aliphatic hydroxyl groups is 1. The van der Waals surface area contributed by atoms with Gasteiger partial charge in [-0.05, 0) is 37.0 Å². The molecule has 1 fully saturated rings. The van der Waals surface area contributed by atoms with E-state index in [1.165, 1.54) is 42.7 Å². The average molecular weight is 279 g/mol. The van der Waals surface area contributed by atoms with Gasteiger partial charge in [-0.1, -0.05) is 32.3 Å². The van der Waals surface area contributed by atoms with Crippen LogP contribution in [0.15, 0.2) is 29.2 Å². The molecule has 1 aromatic rings. The van der Waals surface area contributed by atoms with Crippen molar-refractivity contribution < 1.29 is 5.11 Å². The fraction of sp³-hybridized carbons (Fsp3) is 0.625. The largest absolute Gasteiger partial charge is 0.396 e. The number of aliphatic hydroxyl groups excluding tert-OH is 1. The Bertz CT molecular complexity index is 377. The van der Waals surface area contributed by atoms with E-state index in [1.807, 2.05) is 18.7 Å². The molecule has 0 amide bonds. The highest BCUT2D eigenvalue weighted by molar-refractivity contribution is 8.00. The van der Waals surface area contributed by atoms with Gasteiger partial charge < -0.3 is 10.4 Å². The van der Waals surface area contributed by atoms with Crippen molar-refractivity contribution in [3.05, 3.63) is 24.3 Å². The molecule has 2 nitrogen and oxygen atoms in total. The molecule has 1 atom stereocenters. The number of hydrogen-bond acceptors (Lipinski definition) is 3. The van der Waals surface area contributed by atoms with Gasteiger partial charge in [0.2, 0.25) is 0 Å². The van der Waals surface area contributed by atoms with E-state index in [1.54, 1.807) is 0 Å². The molecule has 0 heterocycles. The number of benzene rings is 1. The number of anilines is 1. The molecule has 19 heavy (non-hydrogen) atoms. The summed E-state index contributed by atoms with van der Waals surface area (Å²) in [5.41, 5.74) is 1.17. The average Bonchev–Trinajstić information content (AvgIpc) is 2.46. The van der Waals surface area contributed by atoms with Crippen molar-refractivity contribution >= 4 is 17.4 Å². The van der Waals surface area contributed by atoms with E-state index in [9.17, 15) is 0 Å². The van der Waals surface area contributed by atoms with Crippen LogP contribution < -0.4 is 5.32 Å². The first-order chi connectivity index (χ1) is 9.28. The van der Waals surface area contributed by atoms with Crippen LogP contribution in [0.1, 0.15) is 39.0 Å². The standard InChI is InChI=1S/C16H25NOS/c1-13(12-18)11-17-14-6-5-9-16(10-14)19-15-7-3-2-4-8-15/h5-6,9-10,13,15,17-18H,2-4,7-8,11-12H2,1H3. The Balaban J connectivity index is 1.87. The van der Waals surface area contributed by atoms with Crippen LogP contribution in [0.2, 0.25) is 0 Å². The minimum Gasteiger partial charge on any atom is -0.396 e. The maximum Gasteiger partial charge on any atom is 0.0473 e. The van der Waals surface area contributed by atoms with E-state index in [0.29, 0.717) is 5.92 Å². The van der Waals surface area contributed by atoms with E-state index in [2.05, 4.69) is 29.6 Å². The minimum absolute atomic E-state index is 0.240. The third kappa shape index (κ3) is 5.07. The van der Waals surface area contributed by atoms with Gasteiger partial charge in [-0.2, -0.15) is 0 Å². The fourth-order valence-corrected chi connectivity index (χ4v) is 3.72. The predicted molar refractivity (Wildman–Crippen MR) is 83.9 cm³/mol. The highest BCUT2D eigenvalue weighted by atomic mass is 32.2. The van der Waals surface area contributed by atoms with Crippen molar-refractivity contribution in [2.24, 2.45) is 5.92 Å². The smallest absolute Gasteiger partial charge is 0.0473 e. The number of hydrogen-bond donors (Lipinski definition) is 2. The third-order valence-electron chi connectivity index (χ3n) is 3.66.